The second kappa shape index (κ2) is 5.01. The van der Waals surface area contributed by atoms with Crippen molar-refractivity contribution in [1.29, 1.82) is 0 Å². The molecule has 2 nitrogen and oxygen atoms in total. The molecule has 78 valence electrons. The lowest BCUT2D eigenvalue weighted by Gasteiger charge is -2.18. The van der Waals surface area contributed by atoms with Crippen LogP contribution in [0.2, 0.25) is 5.02 Å². The van der Waals surface area contributed by atoms with Crippen molar-refractivity contribution in [1.82, 2.24) is 0 Å². The van der Waals surface area contributed by atoms with Crippen LogP contribution in [0.1, 0.15) is 13.8 Å². The highest BCUT2D eigenvalue weighted by atomic mass is 79.9. The van der Waals surface area contributed by atoms with Crippen LogP contribution in [0.5, 0.6) is 5.75 Å². The SMILES string of the molecule is CC(O)C(C)Oc1ccc(Cl)cc1Br. The maximum absolute atomic E-state index is 9.26. The number of rotatable bonds is 3. The van der Waals surface area contributed by atoms with Crippen molar-refractivity contribution < 1.29 is 9.84 Å². The van der Waals surface area contributed by atoms with Gasteiger partial charge in [0.25, 0.3) is 0 Å². The number of aliphatic hydroxyl groups is 1. The molecule has 1 aromatic carbocycles. The molecule has 0 bridgehead atoms. The van der Waals surface area contributed by atoms with E-state index in [0.717, 1.165) is 4.47 Å². The fraction of sp³-hybridized carbons (Fsp3) is 0.400. The first kappa shape index (κ1) is 11.8. The second-order valence-electron chi connectivity index (χ2n) is 3.14. The third kappa shape index (κ3) is 3.15. The van der Waals surface area contributed by atoms with Crippen LogP contribution in [-0.2, 0) is 0 Å². The Kier molecular flexibility index (Phi) is 4.23. The van der Waals surface area contributed by atoms with Gasteiger partial charge in [-0.15, -0.1) is 0 Å². The monoisotopic (exact) mass is 278 g/mol. The Labute approximate surface area is 97.0 Å². The number of hydrogen-bond acceptors (Lipinski definition) is 2. The largest absolute Gasteiger partial charge is 0.487 e. The Hall–Kier alpha value is -0.250. The second-order valence-corrected chi connectivity index (χ2v) is 4.43. The van der Waals surface area contributed by atoms with Crippen molar-refractivity contribution >= 4 is 27.5 Å². The van der Waals surface area contributed by atoms with Crippen LogP contribution < -0.4 is 4.74 Å². The van der Waals surface area contributed by atoms with E-state index in [1.54, 1.807) is 25.1 Å². The third-order valence-corrected chi connectivity index (χ3v) is 2.74. The minimum atomic E-state index is -0.502. The fourth-order valence-corrected chi connectivity index (χ4v) is 1.65. The molecular weight excluding hydrogens is 267 g/mol. The maximum atomic E-state index is 9.26. The van der Waals surface area contributed by atoms with Gasteiger partial charge in [0, 0.05) is 5.02 Å². The molecule has 0 aromatic heterocycles. The third-order valence-electron chi connectivity index (χ3n) is 1.89. The van der Waals surface area contributed by atoms with E-state index in [1.165, 1.54) is 0 Å². The summed E-state index contributed by atoms with van der Waals surface area (Å²) >= 11 is 9.11. The summed E-state index contributed by atoms with van der Waals surface area (Å²) in [5.74, 6) is 0.683. The van der Waals surface area contributed by atoms with E-state index in [9.17, 15) is 5.11 Å². The molecule has 0 saturated heterocycles. The normalized spacial score (nSPS) is 14.9. The first-order valence-corrected chi connectivity index (χ1v) is 5.47. The summed E-state index contributed by atoms with van der Waals surface area (Å²) in [4.78, 5) is 0. The maximum Gasteiger partial charge on any atom is 0.134 e. The summed E-state index contributed by atoms with van der Waals surface area (Å²) in [5, 5.41) is 9.91. The number of benzene rings is 1. The highest BCUT2D eigenvalue weighted by Crippen LogP contribution is 2.28. The molecule has 14 heavy (non-hydrogen) atoms. The smallest absolute Gasteiger partial charge is 0.134 e. The Morgan fingerprint density at radius 1 is 1.43 bits per heavy atom. The van der Waals surface area contributed by atoms with E-state index in [4.69, 9.17) is 16.3 Å². The zero-order valence-electron chi connectivity index (χ0n) is 8.00. The molecule has 1 rings (SSSR count). The van der Waals surface area contributed by atoms with Gasteiger partial charge in [-0.2, -0.15) is 0 Å². The van der Waals surface area contributed by atoms with Gasteiger partial charge < -0.3 is 9.84 Å². The average Bonchev–Trinajstić information content (AvgIpc) is 2.09. The fourth-order valence-electron chi connectivity index (χ4n) is 0.870. The van der Waals surface area contributed by atoms with Crippen molar-refractivity contribution in [3.8, 4) is 5.75 Å². The van der Waals surface area contributed by atoms with Crippen molar-refractivity contribution in [2.45, 2.75) is 26.1 Å². The summed E-state index contributed by atoms with van der Waals surface area (Å²) in [7, 11) is 0. The lowest BCUT2D eigenvalue weighted by molar-refractivity contribution is 0.0600. The summed E-state index contributed by atoms with van der Waals surface area (Å²) < 4.78 is 6.30. The van der Waals surface area contributed by atoms with Gasteiger partial charge in [0.15, 0.2) is 0 Å². The van der Waals surface area contributed by atoms with E-state index in [-0.39, 0.29) is 6.10 Å². The van der Waals surface area contributed by atoms with E-state index >= 15 is 0 Å². The average molecular weight is 280 g/mol. The Bertz CT molecular complexity index is 315. The Balaban J connectivity index is 2.77. The van der Waals surface area contributed by atoms with Crippen LogP contribution in [0.25, 0.3) is 0 Å². The molecule has 4 heteroatoms. The zero-order valence-corrected chi connectivity index (χ0v) is 10.3. The van der Waals surface area contributed by atoms with Crippen LogP contribution in [-0.4, -0.2) is 17.3 Å². The van der Waals surface area contributed by atoms with Crippen LogP contribution >= 0.6 is 27.5 Å². The van der Waals surface area contributed by atoms with E-state index in [2.05, 4.69) is 15.9 Å². The first-order valence-electron chi connectivity index (χ1n) is 4.30. The highest BCUT2D eigenvalue weighted by molar-refractivity contribution is 9.10. The Morgan fingerprint density at radius 2 is 2.07 bits per heavy atom. The van der Waals surface area contributed by atoms with E-state index in [0.29, 0.717) is 10.8 Å². The first-order chi connectivity index (χ1) is 6.50. The molecule has 0 heterocycles. The van der Waals surface area contributed by atoms with Gasteiger partial charge in [-0.1, -0.05) is 11.6 Å². The molecular formula is C10H12BrClO2. The van der Waals surface area contributed by atoms with Crippen molar-refractivity contribution in [2.24, 2.45) is 0 Å². The molecule has 2 atom stereocenters. The number of halogens is 2. The summed E-state index contributed by atoms with van der Waals surface area (Å²) in [6.45, 7) is 3.50. The quantitative estimate of drug-likeness (QED) is 0.920. The minimum Gasteiger partial charge on any atom is -0.487 e. The van der Waals surface area contributed by atoms with Gasteiger partial charge in [0.2, 0.25) is 0 Å². The molecule has 0 amide bonds. The molecule has 0 saturated carbocycles. The van der Waals surface area contributed by atoms with Gasteiger partial charge in [0.1, 0.15) is 11.9 Å². The minimum absolute atomic E-state index is 0.243. The molecule has 1 N–H and O–H groups in total. The lowest BCUT2D eigenvalue weighted by Crippen LogP contribution is -2.25. The molecule has 0 aliphatic rings. The number of aliphatic hydroxyl groups excluding tert-OH is 1. The molecule has 0 radical (unpaired) electrons. The van der Waals surface area contributed by atoms with Gasteiger partial charge in [-0.05, 0) is 48.0 Å². The summed E-state index contributed by atoms with van der Waals surface area (Å²) in [6.07, 6.45) is -0.745. The molecule has 0 fully saturated rings. The lowest BCUT2D eigenvalue weighted by atomic mass is 10.2. The van der Waals surface area contributed by atoms with Crippen molar-refractivity contribution in [2.75, 3.05) is 0 Å². The van der Waals surface area contributed by atoms with Crippen LogP contribution in [0.15, 0.2) is 22.7 Å². The van der Waals surface area contributed by atoms with Crippen LogP contribution in [0.3, 0.4) is 0 Å². The molecule has 0 spiro atoms. The van der Waals surface area contributed by atoms with Gasteiger partial charge >= 0.3 is 0 Å². The van der Waals surface area contributed by atoms with Gasteiger partial charge in [-0.25, -0.2) is 0 Å². The zero-order chi connectivity index (χ0) is 10.7. The summed E-state index contributed by atoms with van der Waals surface area (Å²) in [6, 6.07) is 5.27. The van der Waals surface area contributed by atoms with E-state index < -0.39 is 6.10 Å². The molecule has 0 aliphatic carbocycles. The molecule has 0 aliphatic heterocycles. The topological polar surface area (TPSA) is 29.5 Å². The molecule has 2 unspecified atom stereocenters. The molecule has 1 aromatic rings. The standard InChI is InChI=1S/C10H12BrClO2/c1-6(13)7(2)14-10-4-3-8(12)5-9(10)11/h3-7,13H,1-2H3. The van der Waals surface area contributed by atoms with Crippen LogP contribution in [0, 0.1) is 0 Å². The number of ether oxygens (including phenoxy) is 1. The highest BCUT2D eigenvalue weighted by Gasteiger charge is 2.12. The van der Waals surface area contributed by atoms with Gasteiger partial charge in [-0.3, -0.25) is 0 Å². The van der Waals surface area contributed by atoms with Crippen molar-refractivity contribution in [3.05, 3.63) is 27.7 Å². The Morgan fingerprint density at radius 3 is 2.57 bits per heavy atom. The van der Waals surface area contributed by atoms with Crippen molar-refractivity contribution in [3.63, 3.8) is 0 Å². The van der Waals surface area contributed by atoms with Crippen LogP contribution in [0.4, 0.5) is 0 Å². The summed E-state index contributed by atoms with van der Waals surface area (Å²) in [5.41, 5.74) is 0. The predicted octanol–water partition coefficient (Wildman–Crippen LogP) is 3.25. The number of hydrogen-bond donors (Lipinski definition) is 1. The van der Waals surface area contributed by atoms with E-state index in [1.807, 2.05) is 6.92 Å². The predicted molar refractivity (Wildman–Crippen MR) is 60.9 cm³/mol. The van der Waals surface area contributed by atoms with Gasteiger partial charge in [0.05, 0.1) is 10.6 Å².